The molecule has 6 heteroatoms. The molecule has 0 N–H and O–H groups in total. The molecule has 0 amide bonds. The number of hydrogen-bond acceptors (Lipinski definition) is 3. The molecule has 0 atom stereocenters. The van der Waals surface area contributed by atoms with Gasteiger partial charge < -0.3 is 18.5 Å². The minimum atomic E-state index is -0.0665. The van der Waals surface area contributed by atoms with Crippen LogP contribution in [-0.4, -0.2) is 20.8 Å². The van der Waals surface area contributed by atoms with Gasteiger partial charge in [0.1, 0.15) is 5.58 Å². The predicted octanol–water partition coefficient (Wildman–Crippen LogP) is 8.63. The standard InChI is InChI=1S/C43H25BN4O/c1-2-11-26(12-3-1)46-33-18-6-4-14-30(33)38-34(46)23-22-29-28-16-8-17-32-40(28)48(41(29)38)36-20-9-19-35-39(36)44(32)43-42(31-15-5-7-21-37(31)49-43)47(35)27-13-10-24-45-25-27/h1-25H. The van der Waals surface area contributed by atoms with Crippen molar-refractivity contribution in [3.8, 4) is 11.4 Å². The largest absolute Gasteiger partial charge is 0.468 e. The normalized spacial score (nSPS) is 13.2. The van der Waals surface area contributed by atoms with Gasteiger partial charge >= 0.3 is 0 Å². The van der Waals surface area contributed by atoms with Crippen LogP contribution in [0.2, 0.25) is 0 Å². The smallest absolute Gasteiger partial charge is 0.297 e. The number of anilines is 3. The topological polar surface area (TPSA) is 39.1 Å². The van der Waals surface area contributed by atoms with Gasteiger partial charge in [0.25, 0.3) is 6.71 Å². The van der Waals surface area contributed by atoms with Crippen molar-refractivity contribution in [3.63, 3.8) is 0 Å². The second-order valence-corrected chi connectivity index (χ2v) is 13.1. The zero-order valence-corrected chi connectivity index (χ0v) is 26.2. The van der Waals surface area contributed by atoms with Gasteiger partial charge in [-0.25, -0.2) is 0 Å². The molecule has 5 nitrogen and oxygen atoms in total. The zero-order chi connectivity index (χ0) is 31.8. The number of benzene rings is 6. The van der Waals surface area contributed by atoms with E-state index in [-0.39, 0.29) is 6.71 Å². The number of fused-ring (bicyclic) bond motifs is 13. The Labute approximate surface area is 280 Å². The van der Waals surface area contributed by atoms with E-state index in [1.807, 2.05) is 18.5 Å². The Kier molecular flexibility index (Phi) is 4.74. The van der Waals surface area contributed by atoms with E-state index >= 15 is 0 Å². The van der Waals surface area contributed by atoms with Crippen LogP contribution in [0.4, 0.5) is 17.1 Å². The Morgan fingerprint density at radius 3 is 2.18 bits per heavy atom. The molecule has 6 heterocycles. The Balaban J connectivity index is 1.28. The average molecular weight is 625 g/mol. The Morgan fingerprint density at radius 1 is 0.531 bits per heavy atom. The van der Waals surface area contributed by atoms with Gasteiger partial charge in [0, 0.05) is 55.7 Å². The first-order valence-corrected chi connectivity index (χ1v) is 16.8. The SMILES string of the molecule is c1ccc(-n2c3ccccc3c3c2ccc2c4cccc5c4n(c23)-c2cccc3c2B5c2oc4ccccc4c2N3c2cccnc2)cc1. The molecule has 0 saturated heterocycles. The minimum absolute atomic E-state index is 0.0665. The molecule has 6 aromatic carbocycles. The summed E-state index contributed by atoms with van der Waals surface area (Å²) in [6.07, 6.45) is 3.79. The number of para-hydroxylation sites is 4. The minimum Gasteiger partial charge on any atom is -0.468 e. The molecular formula is C43H25BN4O. The third-order valence-corrected chi connectivity index (χ3v) is 10.8. The lowest BCUT2D eigenvalue weighted by atomic mass is 9.36. The van der Waals surface area contributed by atoms with Crippen molar-refractivity contribution < 1.29 is 4.42 Å². The molecular weight excluding hydrogens is 599 g/mol. The summed E-state index contributed by atoms with van der Waals surface area (Å²) >= 11 is 0. The molecule has 0 unspecified atom stereocenters. The van der Waals surface area contributed by atoms with Crippen LogP contribution in [0, 0.1) is 0 Å². The fraction of sp³-hybridized carbons (Fsp3) is 0. The number of nitrogens with zero attached hydrogens (tertiary/aromatic N) is 4. The van der Waals surface area contributed by atoms with Gasteiger partial charge in [0.2, 0.25) is 0 Å². The third-order valence-electron chi connectivity index (χ3n) is 10.8. The third kappa shape index (κ3) is 3.10. The summed E-state index contributed by atoms with van der Waals surface area (Å²) < 4.78 is 11.9. The molecule has 0 bridgehead atoms. The summed E-state index contributed by atoms with van der Waals surface area (Å²) in [6.45, 7) is -0.0665. The molecule has 4 aromatic heterocycles. The zero-order valence-electron chi connectivity index (χ0n) is 26.2. The number of hydrogen-bond donors (Lipinski definition) is 0. The first kappa shape index (κ1) is 25.6. The van der Waals surface area contributed by atoms with Crippen molar-refractivity contribution in [1.82, 2.24) is 14.1 Å². The molecule has 0 aliphatic carbocycles. The van der Waals surface area contributed by atoms with Crippen LogP contribution in [0.25, 0.3) is 66.0 Å². The summed E-state index contributed by atoms with van der Waals surface area (Å²) in [4.78, 5) is 6.91. The van der Waals surface area contributed by atoms with Crippen LogP contribution in [0.15, 0.2) is 156 Å². The molecule has 0 fully saturated rings. The van der Waals surface area contributed by atoms with Gasteiger partial charge in [-0.15, -0.1) is 0 Å². The number of aromatic nitrogens is 3. The molecule has 10 aromatic rings. The maximum absolute atomic E-state index is 6.92. The van der Waals surface area contributed by atoms with E-state index < -0.39 is 0 Å². The van der Waals surface area contributed by atoms with Crippen LogP contribution in [0.3, 0.4) is 0 Å². The lowest BCUT2D eigenvalue weighted by Gasteiger charge is -2.37. The quantitative estimate of drug-likeness (QED) is 0.181. The number of pyridine rings is 1. The van der Waals surface area contributed by atoms with Crippen molar-refractivity contribution in [3.05, 3.63) is 152 Å². The van der Waals surface area contributed by atoms with E-state index in [9.17, 15) is 0 Å². The molecule has 226 valence electrons. The van der Waals surface area contributed by atoms with Gasteiger partial charge in [-0.3, -0.25) is 4.98 Å². The van der Waals surface area contributed by atoms with Gasteiger partial charge in [0.15, 0.2) is 0 Å². The fourth-order valence-corrected chi connectivity index (χ4v) is 8.97. The van der Waals surface area contributed by atoms with Gasteiger partial charge in [0.05, 0.1) is 39.8 Å². The summed E-state index contributed by atoms with van der Waals surface area (Å²) in [6, 6.07) is 50.3. The van der Waals surface area contributed by atoms with Gasteiger partial charge in [-0.2, -0.15) is 0 Å². The highest BCUT2D eigenvalue weighted by Crippen LogP contribution is 2.46. The molecule has 0 radical (unpaired) electrons. The summed E-state index contributed by atoms with van der Waals surface area (Å²) in [7, 11) is 0. The van der Waals surface area contributed by atoms with Crippen LogP contribution < -0.4 is 21.5 Å². The number of rotatable bonds is 2. The van der Waals surface area contributed by atoms with Crippen LogP contribution in [-0.2, 0) is 0 Å². The summed E-state index contributed by atoms with van der Waals surface area (Å²) in [5.41, 5.74) is 14.9. The molecule has 49 heavy (non-hydrogen) atoms. The summed E-state index contributed by atoms with van der Waals surface area (Å²) in [5, 5.41) is 6.13. The Hall–Kier alpha value is -6.53. The van der Waals surface area contributed by atoms with Crippen LogP contribution in [0.5, 0.6) is 0 Å². The lowest BCUT2D eigenvalue weighted by Crippen LogP contribution is -2.59. The first-order valence-electron chi connectivity index (χ1n) is 16.8. The Morgan fingerprint density at radius 2 is 1.29 bits per heavy atom. The van der Waals surface area contributed by atoms with Crippen LogP contribution >= 0.6 is 0 Å². The summed E-state index contributed by atoms with van der Waals surface area (Å²) in [5.74, 6) is 0. The van der Waals surface area contributed by atoms with E-state index in [2.05, 4.69) is 152 Å². The van der Waals surface area contributed by atoms with Crippen molar-refractivity contribution in [2.24, 2.45) is 0 Å². The Bertz CT molecular complexity index is 3010. The first-order chi connectivity index (χ1) is 24.4. The van der Waals surface area contributed by atoms with E-state index in [1.54, 1.807) is 0 Å². The second kappa shape index (κ2) is 9.09. The van der Waals surface area contributed by atoms with Crippen molar-refractivity contribution in [1.29, 1.82) is 0 Å². The second-order valence-electron chi connectivity index (χ2n) is 13.1. The highest BCUT2D eigenvalue weighted by molar-refractivity contribution is 7.00. The monoisotopic (exact) mass is 624 g/mol. The van der Waals surface area contributed by atoms with Gasteiger partial charge in [-0.05, 0) is 71.6 Å². The molecule has 0 spiro atoms. The highest BCUT2D eigenvalue weighted by atomic mass is 16.3. The molecule has 2 aliphatic rings. The highest BCUT2D eigenvalue weighted by Gasteiger charge is 2.45. The maximum Gasteiger partial charge on any atom is 0.297 e. The van der Waals surface area contributed by atoms with E-state index in [1.165, 1.54) is 60.2 Å². The van der Waals surface area contributed by atoms with Crippen LogP contribution in [0.1, 0.15) is 0 Å². The maximum atomic E-state index is 6.92. The van der Waals surface area contributed by atoms with E-state index in [0.717, 1.165) is 39.4 Å². The van der Waals surface area contributed by atoms with Gasteiger partial charge in [-0.1, -0.05) is 78.9 Å². The fourth-order valence-electron chi connectivity index (χ4n) is 8.97. The van der Waals surface area contributed by atoms with E-state index in [4.69, 9.17) is 4.42 Å². The molecule has 0 saturated carbocycles. The van der Waals surface area contributed by atoms with Crippen molar-refractivity contribution in [2.45, 2.75) is 0 Å². The van der Waals surface area contributed by atoms with Crippen molar-refractivity contribution >= 4 is 94.9 Å². The lowest BCUT2D eigenvalue weighted by molar-refractivity contribution is 0.651. The van der Waals surface area contributed by atoms with Crippen molar-refractivity contribution in [2.75, 3.05) is 4.90 Å². The van der Waals surface area contributed by atoms with E-state index in [0.29, 0.717) is 0 Å². The average Bonchev–Trinajstić information content (AvgIpc) is 3.82. The molecule has 12 rings (SSSR count). The predicted molar refractivity (Wildman–Crippen MR) is 202 cm³/mol. The molecule has 2 aliphatic heterocycles. The number of furan rings is 1.